The van der Waals surface area contributed by atoms with Crippen molar-refractivity contribution >= 4 is 23.7 Å². The molecule has 29 heavy (non-hydrogen) atoms. The molecule has 0 bridgehead atoms. The van der Waals surface area contributed by atoms with Crippen LogP contribution in [0.15, 0.2) is 18.2 Å². The number of aliphatic carboxylic acids is 1. The summed E-state index contributed by atoms with van der Waals surface area (Å²) in [6.45, 7) is 6.01. The maximum atomic E-state index is 12.0. The maximum absolute atomic E-state index is 12.0. The molecule has 0 aromatic heterocycles. The van der Waals surface area contributed by atoms with E-state index in [9.17, 15) is 14.4 Å². The summed E-state index contributed by atoms with van der Waals surface area (Å²) in [5, 5.41) is 14.4. The van der Waals surface area contributed by atoms with Crippen LogP contribution in [0.2, 0.25) is 0 Å². The first-order chi connectivity index (χ1) is 13.6. The number of carbonyl (C=O) groups excluding carboxylic acids is 2. The number of carboxylic acid groups (broad SMARTS) is 1. The van der Waals surface area contributed by atoms with E-state index in [1.807, 2.05) is 39.0 Å². The maximum Gasteiger partial charge on any atom is 0.407 e. The van der Waals surface area contributed by atoms with Gasteiger partial charge in [-0.1, -0.05) is 17.9 Å². The van der Waals surface area contributed by atoms with Crippen LogP contribution in [0.4, 0.5) is 10.5 Å². The number of anilines is 1. The van der Waals surface area contributed by atoms with Gasteiger partial charge in [0.25, 0.3) is 0 Å². The molecule has 3 N–H and O–H groups in total. The molecule has 1 atom stereocenters. The van der Waals surface area contributed by atoms with Gasteiger partial charge in [0, 0.05) is 24.2 Å². The van der Waals surface area contributed by atoms with Crippen LogP contribution >= 0.6 is 0 Å². The number of unbranched alkanes of at least 4 members (excludes halogenated alkanes) is 2. The normalized spacial score (nSPS) is 15.4. The van der Waals surface area contributed by atoms with Crippen LogP contribution in [-0.4, -0.2) is 35.2 Å². The predicted molar refractivity (Wildman–Crippen MR) is 109 cm³/mol. The molecule has 156 valence electrons. The lowest BCUT2D eigenvalue weighted by molar-refractivity contribution is -0.140. The number of hydrogen-bond donors (Lipinski definition) is 3. The molecule has 0 saturated carbocycles. The molecule has 7 nitrogen and oxygen atoms in total. The van der Waals surface area contributed by atoms with Crippen LogP contribution in [0.25, 0.3) is 0 Å². The fourth-order valence-corrected chi connectivity index (χ4v) is 2.92. The second-order valence-electron chi connectivity index (χ2n) is 8.05. The zero-order valence-corrected chi connectivity index (χ0v) is 17.1. The molecule has 0 spiro atoms. The Morgan fingerprint density at radius 1 is 1.31 bits per heavy atom. The van der Waals surface area contributed by atoms with Crippen molar-refractivity contribution in [2.75, 3.05) is 11.9 Å². The van der Waals surface area contributed by atoms with Gasteiger partial charge in [-0.3, -0.25) is 9.59 Å². The van der Waals surface area contributed by atoms with Crippen molar-refractivity contribution in [2.24, 2.45) is 5.92 Å². The van der Waals surface area contributed by atoms with E-state index in [0.29, 0.717) is 25.1 Å². The molecule has 0 saturated heterocycles. The molecule has 2 rings (SSSR count). The number of benzene rings is 1. The number of hydrogen-bond acceptors (Lipinski definition) is 4. The average molecular weight is 400 g/mol. The second kappa shape index (κ2) is 9.97. The minimum absolute atomic E-state index is 0.171. The summed E-state index contributed by atoms with van der Waals surface area (Å²) in [5.41, 5.74) is 1.92. The summed E-state index contributed by atoms with van der Waals surface area (Å²) in [4.78, 5) is 34.4. The molecule has 1 aromatic rings. The number of ether oxygens (including phenoxy) is 1. The molecule has 0 aliphatic carbocycles. The van der Waals surface area contributed by atoms with E-state index < -0.39 is 23.6 Å². The summed E-state index contributed by atoms with van der Waals surface area (Å²) in [6, 6.07) is 5.59. The zero-order chi connectivity index (χ0) is 21.4. The average Bonchev–Trinajstić information content (AvgIpc) is 2.59. The highest BCUT2D eigenvalue weighted by Crippen LogP contribution is 2.28. The first-order valence-corrected chi connectivity index (χ1v) is 9.75. The molecule has 7 heteroatoms. The van der Waals surface area contributed by atoms with Crippen molar-refractivity contribution in [2.45, 2.75) is 58.5 Å². The van der Waals surface area contributed by atoms with Gasteiger partial charge in [-0.15, -0.1) is 0 Å². The fraction of sp³-hybridized carbons (Fsp3) is 0.500. The number of nitrogens with one attached hydrogen (secondary N) is 2. The van der Waals surface area contributed by atoms with Crippen LogP contribution in [-0.2, 0) is 20.7 Å². The van der Waals surface area contributed by atoms with Gasteiger partial charge in [-0.2, -0.15) is 0 Å². The standard InChI is InChI=1S/C22H28N2O5/c1-22(2,3)29-21(28)23-11-7-5-4-6-8-15-9-10-16-13-17(14-19(25)26)20(27)24-18(16)12-15/h9-10,12,17H,4-5,7,11,13-14H2,1-3H3,(H,23,28)(H,24,27)(H,25,26). The molecule has 0 radical (unpaired) electrons. The second-order valence-corrected chi connectivity index (χ2v) is 8.05. The third-order valence-electron chi connectivity index (χ3n) is 4.26. The molecular weight excluding hydrogens is 372 g/mol. The van der Waals surface area contributed by atoms with Crippen molar-refractivity contribution in [3.05, 3.63) is 29.3 Å². The number of alkyl carbamates (subject to hydrolysis) is 1. The van der Waals surface area contributed by atoms with Crippen molar-refractivity contribution in [3.63, 3.8) is 0 Å². The van der Waals surface area contributed by atoms with Crippen molar-refractivity contribution in [3.8, 4) is 11.8 Å². The Morgan fingerprint density at radius 2 is 2.07 bits per heavy atom. The Labute approximate surface area is 171 Å². The molecule has 1 unspecified atom stereocenters. The summed E-state index contributed by atoms with van der Waals surface area (Å²) >= 11 is 0. The smallest absolute Gasteiger partial charge is 0.407 e. The molecule has 1 aliphatic heterocycles. The molecule has 1 aliphatic rings. The van der Waals surface area contributed by atoms with Crippen LogP contribution in [0.1, 0.15) is 57.6 Å². The summed E-state index contributed by atoms with van der Waals surface area (Å²) in [5.74, 6) is 4.40. The number of fused-ring (bicyclic) bond motifs is 1. The lowest BCUT2D eigenvalue weighted by Gasteiger charge is -2.23. The van der Waals surface area contributed by atoms with Crippen LogP contribution in [0.3, 0.4) is 0 Å². The van der Waals surface area contributed by atoms with Crippen LogP contribution in [0, 0.1) is 17.8 Å². The van der Waals surface area contributed by atoms with Crippen LogP contribution in [0.5, 0.6) is 0 Å². The van der Waals surface area contributed by atoms with E-state index in [-0.39, 0.29) is 12.3 Å². The number of rotatable bonds is 6. The predicted octanol–water partition coefficient (Wildman–Crippen LogP) is 3.32. The Hall–Kier alpha value is -3.01. The number of carbonyl (C=O) groups is 3. The molecule has 0 fully saturated rings. The third-order valence-corrected chi connectivity index (χ3v) is 4.26. The van der Waals surface area contributed by atoms with Crippen molar-refractivity contribution in [1.82, 2.24) is 5.32 Å². The van der Waals surface area contributed by atoms with Crippen LogP contribution < -0.4 is 10.6 Å². The minimum atomic E-state index is -0.975. The SMILES string of the molecule is CC(C)(C)OC(=O)NCCCCC#Cc1ccc2c(c1)NC(=O)C(CC(=O)O)C2. The summed E-state index contributed by atoms with van der Waals surface area (Å²) < 4.78 is 5.16. The fourth-order valence-electron chi connectivity index (χ4n) is 2.92. The highest BCUT2D eigenvalue weighted by atomic mass is 16.6. The van der Waals surface area contributed by atoms with Crippen molar-refractivity contribution in [1.29, 1.82) is 0 Å². The van der Waals surface area contributed by atoms with E-state index in [1.54, 1.807) is 0 Å². The Bertz CT molecular complexity index is 830. The van der Waals surface area contributed by atoms with E-state index >= 15 is 0 Å². The van der Waals surface area contributed by atoms with Gasteiger partial charge >= 0.3 is 12.1 Å². The monoisotopic (exact) mass is 400 g/mol. The first-order valence-electron chi connectivity index (χ1n) is 9.75. The quantitative estimate of drug-likeness (QED) is 0.502. The molecule has 1 heterocycles. The minimum Gasteiger partial charge on any atom is -0.481 e. The highest BCUT2D eigenvalue weighted by Gasteiger charge is 2.28. The van der Waals surface area contributed by atoms with Gasteiger partial charge in [0.2, 0.25) is 5.91 Å². The molecular formula is C22H28N2O5. The van der Waals surface area contributed by atoms with E-state index in [2.05, 4.69) is 22.5 Å². The Balaban J connectivity index is 1.77. The lowest BCUT2D eigenvalue weighted by Crippen LogP contribution is -2.32. The largest absolute Gasteiger partial charge is 0.481 e. The number of amides is 2. The topological polar surface area (TPSA) is 105 Å². The summed E-state index contributed by atoms with van der Waals surface area (Å²) in [7, 11) is 0. The van der Waals surface area contributed by atoms with Gasteiger partial charge < -0.3 is 20.5 Å². The van der Waals surface area contributed by atoms with Gasteiger partial charge in [-0.25, -0.2) is 4.79 Å². The van der Waals surface area contributed by atoms with Gasteiger partial charge in [-0.05, 0) is 57.7 Å². The van der Waals surface area contributed by atoms with Crippen molar-refractivity contribution < 1.29 is 24.2 Å². The molecule has 1 aromatic carbocycles. The van der Waals surface area contributed by atoms with E-state index in [4.69, 9.17) is 9.84 Å². The molecule has 2 amide bonds. The zero-order valence-electron chi connectivity index (χ0n) is 17.1. The Kier molecular flexibility index (Phi) is 7.66. The third kappa shape index (κ3) is 7.86. The van der Waals surface area contributed by atoms with Gasteiger partial charge in [0.15, 0.2) is 0 Å². The van der Waals surface area contributed by atoms with E-state index in [0.717, 1.165) is 24.0 Å². The lowest BCUT2D eigenvalue weighted by atomic mass is 9.90. The van der Waals surface area contributed by atoms with Gasteiger partial charge in [0.1, 0.15) is 5.60 Å². The van der Waals surface area contributed by atoms with Gasteiger partial charge in [0.05, 0.1) is 12.3 Å². The first kappa shape index (κ1) is 22.3. The van der Waals surface area contributed by atoms with E-state index in [1.165, 1.54) is 0 Å². The highest BCUT2D eigenvalue weighted by molar-refractivity contribution is 5.97. The Morgan fingerprint density at radius 3 is 2.76 bits per heavy atom. The summed E-state index contributed by atoms with van der Waals surface area (Å²) in [6.07, 6.45) is 2.19. The number of carboxylic acids is 1.